The maximum absolute atomic E-state index is 13.4. The Bertz CT molecular complexity index is 1540. The van der Waals surface area contributed by atoms with Crippen molar-refractivity contribution in [1.29, 1.82) is 5.26 Å². The van der Waals surface area contributed by atoms with Crippen LogP contribution in [0.4, 0.5) is 0 Å². The summed E-state index contributed by atoms with van der Waals surface area (Å²) >= 11 is 0. The van der Waals surface area contributed by atoms with Gasteiger partial charge in [-0.2, -0.15) is 5.26 Å². The number of fused-ring (bicyclic) bond motifs is 2. The molecule has 0 radical (unpaired) electrons. The van der Waals surface area contributed by atoms with Crippen LogP contribution >= 0.6 is 0 Å². The Morgan fingerprint density at radius 2 is 1.63 bits per heavy atom. The molecule has 0 bridgehead atoms. The molecule has 6 N–H and O–H groups in total. The Balaban J connectivity index is 1.50. The van der Waals surface area contributed by atoms with Gasteiger partial charge in [0.2, 0.25) is 17.7 Å². The molecular formula is C31H35N9O3. The molecule has 12 nitrogen and oxygen atoms in total. The number of carbonyl (C=O) groups is 3. The van der Waals surface area contributed by atoms with Crippen molar-refractivity contribution in [2.24, 2.45) is 11.5 Å². The van der Waals surface area contributed by atoms with Gasteiger partial charge in [-0.15, -0.1) is 5.10 Å². The number of likely N-dealkylation sites (tertiary alicyclic amines) is 1. The molecule has 0 spiro atoms. The molecule has 1 saturated carbocycles. The molecule has 1 aromatic heterocycles. The van der Waals surface area contributed by atoms with Gasteiger partial charge in [-0.1, -0.05) is 25.0 Å². The summed E-state index contributed by atoms with van der Waals surface area (Å²) in [5.41, 5.74) is 14.5. The topological polar surface area (TPSA) is 197 Å². The maximum atomic E-state index is 13.4. The summed E-state index contributed by atoms with van der Waals surface area (Å²) in [6.07, 6.45) is 6.85. The summed E-state index contributed by atoms with van der Waals surface area (Å²) in [5.74, 6) is -0.585. The molecule has 2 aliphatic carbocycles. The lowest BCUT2D eigenvalue weighted by atomic mass is 9.64. The van der Waals surface area contributed by atoms with Gasteiger partial charge in [-0.05, 0) is 102 Å². The molecule has 6 rings (SSSR count). The van der Waals surface area contributed by atoms with Crippen molar-refractivity contribution in [2.75, 3.05) is 13.1 Å². The third kappa shape index (κ3) is 5.03. The second-order valence-electron chi connectivity index (χ2n) is 12.0. The number of hydrogen-bond donors (Lipinski definition) is 4. The standard InChI is InChI=1S/C31H35N9O3/c32-16-23-4-3-13-40(23)26(41)17-35-30(11-1-2-12-30)18-31(29-36-38-39-37-29)24-9-7-21(27(33)42)14-19(24)5-6-20-15-22(28(34)43)8-10-25(20)31/h7-10,14-15,23,35H,1-6,11-13,17-18H2,(H2,33,42)(H2,34,43)(H,36,37,38,39)/t23-/m0/s1. The van der Waals surface area contributed by atoms with Gasteiger partial charge in [0.15, 0.2) is 5.82 Å². The first-order valence-electron chi connectivity index (χ1n) is 14.8. The zero-order valence-corrected chi connectivity index (χ0v) is 23.9. The van der Waals surface area contributed by atoms with Crippen LogP contribution in [0.2, 0.25) is 0 Å². The number of nitrogens with two attached hydrogens (primary N) is 2. The first-order chi connectivity index (χ1) is 20.8. The van der Waals surface area contributed by atoms with Crippen LogP contribution in [-0.4, -0.2) is 67.9 Å². The van der Waals surface area contributed by atoms with Crippen LogP contribution in [0.1, 0.15) is 93.7 Å². The summed E-state index contributed by atoms with van der Waals surface area (Å²) in [4.78, 5) is 39.4. The number of H-pyrrole nitrogens is 1. The molecule has 2 heterocycles. The molecule has 2 fully saturated rings. The minimum absolute atomic E-state index is 0.0791. The SMILES string of the molecule is N#C[C@@H]1CCCN1C(=O)CNC1(CC2(c3nnn[nH]3)c3ccc(C(N)=O)cc3CCc3cc(C(N)=O)ccc32)CCCC1. The van der Waals surface area contributed by atoms with Crippen molar-refractivity contribution < 1.29 is 14.4 Å². The smallest absolute Gasteiger partial charge is 0.248 e. The molecular weight excluding hydrogens is 546 g/mol. The van der Waals surface area contributed by atoms with E-state index in [1.54, 1.807) is 17.0 Å². The summed E-state index contributed by atoms with van der Waals surface area (Å²) in [6, 6.07) is 12.9. The summed E-state index contributed by atoms with van der Waals surface area (Å²) in [7, 11) is 0. The van der Waals surface area contributed by atoms with Gasteiger partial charge in [-0.3, -0.25) is 14.4 Å². The normalized spacial score (nSPS) is 20.1. The Morgan fingerprint density at radius 1 is 1.00 bits per heavy atom. The highest BCUT2D eigenvalue weighted by molar-refractivity contribution is 5.94. The van der Waals surface area contributed by atoms with E-state index in [9.17, 15) is 19.6 Å². The average molecular weight is 582 g/mol. The van der Waals surface area contributed by atoms with E-state index in [4.69, 9.17) is 11.5 Å². The monoisotopic (exact) mass is 581 g/mol. The highest BCUT2D eigenvalue weighted by Gasteiger charge is 2.51. The predicted octanol–water partition coefficient (Wildman–Crippen LogP) is 1.64. The number of aryl methyl sites for hydroxylation is 2. The van der Waals surface area contributed by atoms with E-state index >= 15 is 0 Å². The largest absolute Gasteiger partial charge is 0.366 e. The minimum atomic E-state index is -0.916. The number of nitriles is 1. The van der Waals surface area contributed by atoms with E-state index in [2.05, 4.69) is 32.0 Å². The predicted molar refractivity (Wildman–Crippen MR) is 156 cm³/mol. The molecule has 3 aliphatic rings. The van der Waals surface area contributed by atoms with E-state index in [0.29, 0.717) is 49.2 Å². The summed E-state index contributed by atoms with van der Waals surface area (Å²) in [5, 5.41) is 28.7. The summed E-state index contributed by atoms with van der Waals surface area (Å²) < 4.78 is 0. The van der Waals surface area contributed by atoms with Crippen molar-refractivity contribution in [2.45, 2.75) is 74.8 Å². The van der Waals surface area contributed by atoms with Crippen LogP contribution in [0, 0.1) is 11.3 Å². The van der Waals surface area contributed by atoms with Crippen LogP contribution in [0.15, 0.2) is 36.4 Å². The second-order valence-corrected chi connectivity index (χ2v) is 12.0. The first kappa shape index (κ1) is 28.5. The summed E-state index contributed by atoms with van der Waals surface area (Å²) in [6.45, 7) is 0.703. The fraction of sp³-hybridized carbons (Fsp3) is 0.452. The van der Waals surface area contributed by atoms with Crippen LogP contribution in [0.3, 0.4) is 0 Å². The number of amides is 3. The highest BCUT2D eigenvalue weighted by atomic mass is 16.2. The molecule has 1 saturated heterocycles. The van der Waals surface area contributed by atoms with Crippen molar-refractivity contribution in [3.63, 3.8) is 0 Å². The maximum Gasteiger partial charge on any atom is 0.248 e. The number of nitrogens with one attached hydrogen (secondary N) is 2. The fourth-order valence-corrected chi connectivity index (χ4v) is 7.56. The van der Waals surface area contributed by atoms with Gasteiger partial charge < -0.3 is 21.7 Å². The van der Waals surface area contributed by atoms with Crippen molar-refractivity contribution in [3.05, 3.63) is 75.6 Å². The van der Waals surface area contributed by atoms with Crippen molar-refractivity contribution >= 4 is 17.7 Å². The van der Waals surface area contributed by atoms with E-state index in [-0.39, 0.29) is 18.5 Å². The number of primary amides is 2. The zero-order chi connectivity index (χ0) is 30.2. The van der Waals surface area contributed by atoms with Gasteiger partial charge in [0.25, 0.3) is 0 Å². The van der Waals surface area contributed by atoms with Gasteiger partial charge >= 0.3 is 0 Å². The number of hydrogen-bond acceptors (Lipinski definition) is 8. The minimum Gasteiger partial charge on any atom is -0.366 e. The molecule has 1 aliphatic heterocycles. The van der Waals surface area contributed by atoms with E-state index in [1.165, 1.54) is 0 Å². The number of aromatic nitrogens is 4. The number of tetrazole rings is 1. The van der Waals surface area contributed by atoms with Crippen LogP contribution in [0.5, 0.6) is 0 Å². The zero-order valence-electron chi connectivity index (χ0n) is 23.9. The van der Waals surface area contributed by atoms with Gasteiger partial charge in [-0.25, -0.2) is 5.10 Å². The Labute approximate surface area is 249 Å². The Kier molecular flexibility index (Phi) is 7.43. The lowest BCUT2D eigenvalue weighted by Gasteiger charge is -2.43. The third-order valence-electron chi connectivity index (χ3n) is 9.61. The van der Waals surface area contributed by atoms with Crippen LogP contribution in [-0.2, 0) is 23.1 Å². The Hall–Kier alpha value is -4.63. The number of carbonyl (C=O) groups excluding carboxylic acids is 3. The number of nitrogens with zero attached hydrogens (tertiary/aromatic N) is 5. The molecule has 1 atom stereocenters. The van der Waals surface area contributed by atoms with Crippen LogP contribution in [0.25, 0.3) is 0 Å². The lowest BCUT2D eigenvalue weighted by molar-refractivity contribution is -0.130. The van der Waals surface area contributed by atoms with Gasteiger partial charge in [0, 0.05) is 23.2 Å². The van der Waals surface area contributed by atoms with E-state index < -0.39 is 22.8 Å². The van der Waals surface area contributed by atoms with E-state index in [0.717, 1.165) is 54.4 Å². The van der Waals surface area contributed by atoms with E-state index in [1.807, 2.05) is 24.3 Å². The lowest BCUT2D eigenvalue weighted by Crippen LogP contribution is -2.53. The quantitative estimate of drug-likeness (QED) is 0.308. The Morgan fingerprint density at radius 3 is 2.16 bits per heavy atom. The second kappa shape index (κ2) is 11.2. The fourth-order valence-electron chi connectivity index (χ4n) is 7.56. The number of benzene rings is 2. The molecule has 3 amide bonds. The van der Waals surface area contributed by atoms with Gasteiger partial charge in [0.05, 0.1) is 18.0 Å². The molecule has 12 heteroatoms. The number of aromatic amines is 1. The first-order valence-corrected chi connectivity index (χ1v) is 14.8. The molecule has 43 heavy (non-hydrogen) atoms. The molecule has 3 aromatic rings. The average Bonchev–Trinajstić information content (AvgIpc) is 3.79. The molecule has 0 unspecified atom stereocenters. The van der Waals surface area contributed by atoms with Crippen molar-refractivity contribution in [3.8, 4) is 6.07 Å². The van der Waals surface area contributed by atoms with Crippen LogP contribution < -0.4 is 16.8 Å². The number of rotatable bonds is 8. The molecule has 2 aromatic carbocycles. The van der Waals surface area contributed by atoms with Gasteiger partial charge in [0.1, 0.15) is 6.04 Å². The molecule has 222 valence electrons. The van der Waals surface area contributed by atoms with Crippen molar-refractivity contribution in [1.82, 2.24) is 30.8 Å². The third-order valence-corrected chi connectivity index (χ3v) is 9.61. The highest BCUT2D eigenvalue weighted by Crippen LogP contribution is 2.51.